The Balaban J connectivity index is 2.22. The highest BCUT2D eigenvalue weighted by atomic mass is 79.9. The van der Waals surface area contributed by atoms with Crippen molar-refractivity contribution in [3.8, 4) is 0 Å². The van der Waals surface area contributed by atoms with E-state index in [1.165, 1.54) is 12.1 Å². The average Bonchev–Trinajstić information content (AvgIpc) is 2.42. The Kier molecular flexibility index (Phi) is 5.52. The number of aromatic nitrogens is 1. The van der Waals surface area contributed by atoms with E-state index >= 15 is 0 Å². The van der Waals surface area contributed by atoms with E-state index in [1.54, 1.807) is 12.3 Å². The molecule has 106 valence electrons. The van der Waals surface area contributed by atoms with Gasteiger partial charge in [0.1, 0.15) is 5.82 Å². The van der Waals surface area contributed by atoms with Crippen LogP contribution in [0.2, 0.25) is 5.02 Å². The molecule has 1 N–H and O–H groups in total. The second kappa shape index (κ2) is 7.16. The van der Waals surface area contributed by atoms with Gasteiger partial charge in [-0.1, -0.05) is 40.5 Å². The highest BCUT2D eigenvalue weighted by molar-refractivity contribution is 9.10. The molecule has 0 aliphatic heterocycles. The summed E-state index contributed by atoms with van der Waals surface area (Å²) in [6, 6.07) is 8.55. The van der Waals surface area contributed by atoms with Gasteiger partial charge in [-0.3, -0.25) is 4.98 Å². The Labute approximate surface area is 131 Å². The normalized spacial score (nSPS) is 12.4. The zero-order valence-corrected chi connectivity index (χ0v) is 13.4. The molecule has 0 fully saturated rings. The predicted octanol–water partition coefficient (Wildman–Crippen LogP) is 4.53. The molecule has 0 amide bonds. The van der Waals surface area contributed by atoms with E-state index in [4.69, 9.17) is 11.6 Å². The van der Waals surface area contributed by atoms with Crippen LogP contribution in [0.1, 0.15) is 24.2 Å². The molecule has 0 spiro atoms. The van der Waals surface area contributed by atoms with Crippen molar-refractivity contribution in [2.75, 3.05) is 6.54 Å². The molecule has 1 heterocycles. The monoisotopic (exact) mass is 356 g/mol. The van der Waals surface area contributed by atoms with Crippen LogP contribution in [0.25, 0.3) is 0 Å². The van der Waals surface area contributed by atoms with Gasteiger partial charge in [0.05, 0.1) is 16.8 Å². The summed E-state index contributed by atoms with van der Waals surface area (Å²) in [4.78, 5) is 4.36. The van der Waals surface area contributed by atoms with Crippen molar-refractivity contribution >= 4 is 27.5 Å². The van der Waals surface area contributed by atoms with E-state index in [2.05, 4.69) is 26.2 Å². The molecular formula is C15H15BrClFN2. The highest BCUT2D eigenvalue weighted by Gasteiger charge is 2.14. The second-order valence-corrected chi connectivity index (χ2v) is 5.74. The summed E-state index contributed by atoms with van der Waals surface area (Å²) >= 11 is 9.27. The van der Waals surface area contributed by atoms with Gasteiger partial charge in [-0.25, -0.2) is 4.39 Å². The van der Waals surface area contributed by atoms with Crippen LogP contribution in [0.4, 0.5) is 4.39 Å². The van der Waals surface area contributed by atoms with Crippen LogP contribution < -0.4 is 5.32 Å². The molecule has 1 aromatic heterocycles. The molecule has 0 saturated heterocycles. The lowest BCUT2D eigenvalue weighted by Crippen LogP contribution is -2.24. The largest absolute Gasteiger partial charge is 0.309 e. The lowest BCUT2D eigenvalue weighted by molar-refractivity contribution is 0.535. The number of nitrogens with one attached hydrogen (secondary N) is 1. The minimum Gasteiger partial charge on any atom is -0.309 e. The third-order valence-corrected chi connectivity index (χ3v) is 3.96. The standard InChI is InChI=1S/C15H15BrClFN2/c1-2-19-15(14-6-4-11(17)9-20-14)7-10-3-5-12(18)8-13(10)16/h3-6,8-9,15,19H,2,7H2,1H3. The number of hydrogen-bond donors (Lipinski definition) is 1. The third-order valence-electron chi connectivity index (χ3n) is 3.00. The minimum atomic E-state index is -0.245. The number of halogens is 3. The summed E-state index contributed by atoms with van der Waals surface area (Å²) in [5.41, 5.74) is 1.96. The van der Waals surface area contributed by atoms with Crippen molar-refractivity contribution in [3.05, 3.63) is 63.1 Å². The van der Waals surface area contributed by atoms with Crippen LogP contribution in [0, 0.1) is 5.82 Å². The Morgan fingerprint density at radius 2 is 2.15 bits per heavy atom. The maximum Gasteiger partial charge on any atom is 0.124 e. The Morgan fingerprint density at radius 3 is 2.75 bits per heavy atom. The van der Waals surface area contributed by atoms with E-state index in [0.717, 1.165) is 28.7 Å². The topological polar surface area (TPSA) is 24.9 Å². The fourth-order valence-electron chi connectivity index (χ4n) is 2.03. The van der Waals surface area contributed by atoms with Crippen LogP contribution in [0.15, 0.2) is 41.0 Å². The molecule has 20 heavy (non-hydrogen) atoms. The van der Waals surface area contributed by atoms with Gasteiger partial charge in [-0.05, 0) is 42.8 Å². The molecule has 1 unspecified atom stereocenters. The Morgan fingerprint density at radius 1 is 1.35 bits per heavy atom. The van der Waals surface area contributed by atoms with E-state index in [-0.39, 0.29) is 11.9 Å². The number of benzene rings is 1. The molecule has 1 aromatic carbocycles. The summed E-state index contributed by atoms with van der Waals surface area (Å²) in [6.07, 6.45) is 2.37. The van der Waals surface area contributed by atoms with Gasteiger partial charge in [-0.2, -0.15) is 0 Å². The fraction of sp³-hybridized carbons (Fsp3) is 0.267. The van der Waals surface area contributed by atoms with Gasteiger partial charge in [-0.15, -0.1) is 0 Å². The van der Waals surface area contributed by atoms with E-state index in [1.807, 2.05) is 19.1 Å². The van der Waals surface area contributed by atoms with Crippen molar-refractivity contribution in [1.29, 1.82) is 0 Å². The van der Waals surface area contributed by atoms with Gasteiger partial charge in [0.25, 0.3) is 0 Å². The molecule has 2 rings (SSSR count). The van der Waals surface area contributed by atoms with Crippen LogP contribution in [0.5, 0.6) is 0 Å². The van der Waals surface area contributed by atoms with Crippen LogP contribution in [0.3, 0.4) is 0 Å². The van der Waals surface area contributed by atoms with E-state index < -0.39 is 0 Å². The zero-order valence-electron chi connectivity index (χ0n) is 11.0. The molecule has 5 heteroatoms. The molecular weight excluding hydrogens is 343 g/mol. The molecule has 0 aliphatic carbocycles. The SMILES string of the molecule is CCNC(Cc1ccc(F)cc1Br)c1ccc(Cl)cn1. The zero-order chi connectivity index (χ0) is 14.5. The molecule has 0 aliphatic rings. The van der Waals surface area contributed by atoms with E-state index in [9.17, 15) is 4.39 Å². The lowest BCUT2D eigenvalue weighted by Gasteiger charge is -2.18. The number of pyridine rings is 1. The summed E-state index contributed by atoms with van der Waals surface area (Å²) < 4.78 is 13.9. The average molecular weight is 358 g/mol. The van der Waals surface area contributed by atoms with Crippen molar-refractivity contribution in [2.24, 2.45) is 0 Å². The lowest BCUT2D eigenvalue weighted by atomic mass is 10.0. The molecule has 1 atom stereocenters. The van der Waals surface area contributed by atoms with Crippen LogP contribution >= 0.6 is 27.5 Å². The summed E-state index contributed by atoms with van der Waals surface area (Å²) in [5, 5.41) is 4.01. The fourth-order valence-corrected chi connectivity index (χ4v) is 2.65. The predicted molar refractivity (Wildman–Crippen MR) is 83.5 cm³/mol. The number of hydrogen-bond acceptors (Lipinski definition) is 2. The van der Waals surface area contributed by atoms with Crippen LogP contribution in [-0.4, -0.2) is 11.5 Å². The first-order valence-corrected chi connectivity index (χ1v) is 7.56. The minimum absolute atomic E-state index is 0.0685. The highest BCUT2D eigenvalue weighted by Crippen LogP contribution is 2.24. The molecule has 0 radical (unpaired) electrons. The van der Waals surface area contributed by atoms with Crippen molar-refractivity contribution in [3.63, 3.8) is 0 Å². The number of rotatable bonds is 5. The first-order chi connectivity index (χ1) is 9.60. The Bertz CT molecular complexity index is 575. The quantitative estimate of drug-likeness (QED) is 0.850. The molecule has 0 saturated carbocycles. The third kappa shape index (κ3) is 4.01. The van der Waals surface area contributed by atoms with Gasteiger partial charge in [0.2, 0.25) is 0 Å². The van der Waals surface area contributed by atoms with Crippen LogP contribution in [-0.2, 0) is 6.42 Å². The number of nitrogens with zero attached hydrogens (tertiary/aromatic N) is 1. The smallest absolute Gasteiger partial charge is 0.124 e. The van der Waals surface area contributed by atoms with Crippen molar-refractivity contribution < 1.29 is 4.39 Å². The summed E-state index contributed by atoms with van der Waals surface area (Å²) in [5.74, 6) is -0.245. The maximum absolute atomic E-state index is 13.1. The first kappa shape index (κ1) is 15.4. The first-order valence-electron chi connectivity index (χ1n) is 6.39. The van der Waals surface area contributed by atoms with Gasteiger partial charge in [0.15, 0.2) is 0 Å². The van der Waals surface area contributed by atoms with Gasteiger partial charge in [0, 0.05) is 10.7 Å². The van der Waals surface area contributed by atoms with Crippen molar-refractivity contribution in [1.82, 2.24) is 10.3 Å². The van der Waals surface area contributed by atoms with Crippen molar-refractivity contribution in [2.45, 2.75) is 19.4 Å². The van der Waals surface area contributed by atoms with E-state index in [0.29, 0.717) is 5.02 Å². The number of likely N-dealkylation sites (N-methyl/N-ethyl adjacent to an activating group) is 1. The molecule has 2 aromatic rings. The molecule has 2 nitrogen and oxygen atoms in total. The van der Waals surface area contributed by atoms with Gasteiger partial charge >= 0.3 is 0 Å². The molecule has 0 bridgehead atoms. The maximum atomic E-state index is 13.1. The summed E-state index contributed by atoms with van der Waals surface area (Å²) in [7, 11) is 0. The summed E-state index contributed by atoms with van der Waals surface area (Å²) in [6.45, 7) is 2.87. The van der Waals surface area contributed by atoms with Gasteiger partial charge < -0.3 is 5.32 Å². The second-order valence-electron chi connectivity index (χ2n) is 4.45. The Hall–Kier alpha value is -0.970.